The second-order valence-electron chi connectivity index (χ2n) is 7.77. The molecule has 2 aromatic carbocycles. The van der Waals surface area contributed by atoms with Crippen LogP contribution in [-0.4, -0.2) is 22.1 Å². The van der Waals surface area contributed by atoms with Gasteiger partial charge in [0, 0.05) is 22.9 Å². The molecule has 0 bridgehead atoms. The lowest BCUT2D eigenvalue weighted by Gasteiger charge is -2.22. The number of aromatic nitrogens is 2. The Hall–Kier alpha value is -2.70. The van der Waals surface area contributed by atoms with Crippen LogP contribution in [0.1, 0.15) is 39.9 Å². The van der Waals surface area contributed by atoms with Crippen molar-refractivity contribution < 1.29 is 4.79 Å². The summed E-state index contributed by atoms with van der Waals surface area (Å²) in [6.07, 6.45) is 10.2. The van der Waals surface area contributed by atoms with Crippen molar-refractivity contribution in [2.24, 2.45) is 0 Å². The van der Waals surface area contributed by atoms with E-state index in [1.807, 2.05) is 30.5 Å². The monoisotopic (exact) mass is 445 g/mol. The molecule has 0 unspecified atom stereocenters. The fourth-order valence-electron chi connectivity index (χ4n) is 4.06. The van der Waals surface area contributed by atoms with E-state index in [9.17, 15) is 4.79 Å². The van der Waals surface area contributed by atoms with Crippen LogP contribution in [-0.2, 0) is 19.4 Å². The lowest BCUT2D eigenvalue weighted by molar-refractivity contribution is 0.0985. The highest BCUT2D eigenvalue weighted by Gasteiger charge is 2.23. The minimum Gasteiger partial charge on any atom is -0.279 e. The Bertz CT molecular complexity index is 1240. The average molecular weight is 446 g/mol. The number of anilines is 1. The van der Waals surface area contributed by atoms with Crippen molar-refractivity contribution in [3.05, 3.63) is 83.2 Å². The summed E-state index contributed by atoms with van der Waals surface area (Å²) >= 11 is 3.28. The number of thiazole rings is 1. The zero-order valence-corrected chi connectivity index (χ0v) is 19.0. The van der Waals surface area contributed by atoms with E-state index in [1.165, 1.54) is 28.9 Å². The number of carbonyl (C=O) groups excluding carboxylic acids is 1. The maximum Gasteiger partial charge on any atom is 0.260 e. The van der Waals surface area contributed by atoms with Crippen molar-refractivity contribution in [1.82, 2.24) is 9.97 Å². The van der Waals surface area contributed by atoms with E-state index in [1.54, 1.807) is 34.2 Å². The molecule has 1 aliphatic rings. The molecule has 0 saturated carbocycles. The molecule has 0 spiro atoms. The highest BCUT2D eigenvalue weighted by molar-refractivity contribution is 7.98. The minimum absolute atomic E-state index is 0.0126. The van der Waals surface area contributed by atoms with Gasteiger partial charge in [-0.25, -0.2) is 4.98 Å². The molecular formula is C25H23N3OS2. The summed E-state index contributed by atoms with van der Waals surface area (Å²) in [5.74, 6) is -0.0126. The Morgan fingerprint density at radius 1 is 1.10 bits per heavy atom. The maximum atomic E-state index is 13.7. The Morgan fingerprint density at radius 3 is 2.77 bits per heavy atom. The van der Waals surface area contributed by atoms with Gasteiger partial charge in [0.2, 0.25) is 0 Å². The number of amides is 1. The van der Waals surface area contributed by atoms with E-state index in [2.05, 4.69) is 35.5 Å². The normalized spacial score (nSPS) is 13.2. The molecule has 0 radical (unpaired) electrons. The summed E-state index contributed by atoms with van der Waals surface area (Å²) < 4.78 is 1.09. The molecule has 0 atom stereocenters. The molecule has 156 valence electrons. The van der Waals surface area contributed by atoms with Crippen LogP contribution >= 0.6 is 23.1 Å². The molecule has 5 rings (SSSR count). The van der Waals surface area contributed by atoms with Gasteiger partial charge >= 0.3 is 0 Å². The minimum atomic E-state index is -0.0126. The van der Waals surface area contributed by atoms with Crippen molar-refractivity contribution in [1.29, 1.82) is 0 Å². The van der Waals surface area contributed by atoms with Gasteiger partial charge in [-0.05, 0) is 85.0 Å². The predicted molar refractivity (Wildman–Crippen MR) is 129 cm³/mol. The highest BCUT2D eigenvalue weighted by atomic mass is 32.2. The summed E-state index contributed by atoms with van der Waals surface area (Å²) in [5, 5.41) is 0.722. The van der Waals surface area contributed by atoms with Gasteiger partial charge in [0.05, 0.1) is 16.8 Å². The number of benzene rings is 2. The van der Waals surface area contributed by atoms with Gasteiger partial charge in [0.15, 0.2) is 5.13 Å². The van der Waals surface area contributed by atoms with Crippen molar-refractivity contribution >= 4 is 44.4 Å². The van der Waals surface area contributed by atoms with Gasteiger partial charge in [0.25, 0.3) is 5.91 Å². The summed E-state index contributed by atoms with van der Waals surface area (Å²) in [7, 11) is 0. The Kier molecular flexibility index (Phi) is 5.74. The van der Waals surface area contributed by atoms with Gasteiger partial charge in [-0.3, -0.25) is 14.7 Å². The summed E-state index contributed by atoms with van der Waals surface area (Å²) in [5.41, 5.74) is 5.33. The largest absolute Gasteiger partial charge is 0.279 e. The van der Waals surface area contributed by atoms with Gasteiger partial charge < -0.3 is 0 Å². The lowest BCUT2D eigenvalue weighted by Crippen LogP contribution is -2.30. The second-order valence-corrected chi connectivity index (χ2v) is 9.66. The quantitative estimate of drug-likeness (QED) is 0.346. The fourth-order valence-corrected chi connectivity index (χ4v) is 5.57. The van der Waals surface area contributed by atoms with Gasteiger partial charge in [0.1, 0.15) is 0 Å². The summed E-state index contributed by atoms with van der Waals surface area (Å²) in [6, 6.07) is 16.4. The van der Waals surface area contributed by atoms with Crippen LogP contribution in [0, 0.1) is 0 Å². The number of fused-ring (bicyclic) bond motifs is 2. The fraction of sp³-hybridized carbons (Fsp3) is 0.240. The smallest absolute Gasteiger partial charge is 0.260 e. The van der Waals surface area contributed by atoms with Crippen LogP contribution in [0.15, 0.2) is 65.8 Å². The molecule has 31 heavy (non-hydrogen) atoms. The molecule has 4 nitrogen and oxygen atoms in total. The Labute approximate surface area is 190 Å². The molecule has 2 heterocycles. The van der Waals surface area contributed by atoms with Crippen LogP contribution in [0.3, 0.4) is 0 Å². The second kappa shape index (κ2) is 8.81. The molecule has 0 saturated heterocycles. The molecular weight excluding hydrogens is 422 g/mol. The Balaban J connectivity index is 1.54. The van der Waals surface area contributed by atoms with Crippen molar-refractivity contribution in [3.8, 4) is 0 Å². The molecule has 6 heteroatoms. The number of carbonyl (C=O) groups is 1. The van der Waals surface area contributed by atoms with E-state index in [0.29, 0.717) is 6.54 Å². The number of hydrogen-bond acceptors (Lipinski definition) is 5. The first-order valence-electron chi connectivity index (χ1n) is 10.5. The third-order valence-corrected chi connectivity index (χ3v) is 7.49. The predicted octanol–water partition coefficient (Wildman–Crippen LogP) is 6.14. The highest BCUT2D eigenvalue weighted by Crippen LogP contribution is 2.33. The molecule has 0 N–H and O–H groups in total. The van der Waals surface area contributed by atoms with Crippen molar-refractivity contribution in [2.75, 3.05) is 11.2 Å². The molecule has 1 aliphatic carbocycles. The van der Waals surface area contributed by atoms with Gasteiger partial charge in [-0.15, -0.1) is 11.8 Å². The number of rotatable bonds is 5. The zero-order chi connectivity index (χ0) is 21.2. The first-order valence-corrected chi connectivity index (χ1v) is 12.5. The van der Waals surface area contributed by atoms with Gasteiger partial charge in [-0.2, -0.15) is 0 Å². The van der Waals surface area contributed by atoms with E-state index < -0.39 is 0 Å². The lowest BCUT2D eigenvalue weighted by atomic mass is 9.90. The average Bonchev–Trinajstić information content (AvgIpc) is 3.25. The number of thioether (sulfide) groups is 1. The van der Waals surface area contributed by atoms with Crippen LogP contribution in [0.25, 0.3) is 10.2 Å². The van der Waals surface area contributed by atoms with Crippen LogP contribution in [0.4, 0.5) is 5.13 Å². The van der Waals surface area contributed by atoms with Crippen LogP contribution in [0.5, 0.6) is 0 Å². The third-order valence-electron chi connectivity index (χ3n) is 5.72. The molecule has 0 aliphatic heterocycles. The number of pyridine rings is 1. The molecule has 2 aromatic heterocycles. The number of nitrogens with zero attached hydrogens (tertiary/aromatic N) is 3. The standard InChI is InChI=1S/C25H23N3OS2/c1-30-21-10-11-22-23(14-21)31-25(27-22)28(16-17-5-4-12-26-15-17)24(29)20-9-8-18-6-2-3-7-19(18)13-20/h4-5,8-15H,2-3,6-7,16H2,1H3. The van der Waals surface area contributed by atoms with E-state index >= 15 is 0 Å². The van der Waals surface area contributed by atoms with Crippen molar-refractivity contribution in [2.45, 2.75) is 37.1 Å². The summed E-state index contributed by atoms with van der Waals surface area (Å²) in [4.78, 5) is 25.7. The third kappa shape index (κ3) is 4.23. The first kappa shape index (κ1) is 20.2. The van der Waals surface area contributed by atoms with E-state index in [4.69, 9.17) is 4.98 Å². The molecule has 4 aromatic rings. The number of aryl methyl sites for hydroxylation is 2. The van der Waals surface area contributed by atoms with E-state index in [-0.39, 0.29) is 5.91 Å². The van der Waals surface area contributed by atoms with Crippen molar-refractivity contribution in [3.63, 3.8) is 0 Å². The topological polar surface area (TPSA) is 46.1 Å². The number of hydrogen-bond donors (Lipinski definition) is 0. The maximum absolute atomic E-state index is 13.7. The first-order chi connectivity index (χ1) is 15.2. The van der Waals surface area contributed by atoms with Gasteiger partial charge in [-0.1, -0.05) is 23.5 Å². The summed E-state index contributed by atoms with van der Waals surface area (Å²) in [6.45, 7) is 0.443. The van der Waals surface area contributed by atoms with Crippen LogP contribution < -0.4 is 4.90 Å². The molecule has 1 amide bonds. The Morgan fingerprint density at radius 2 is 1.97 bits per heavy atom. The SMILES string of the molecule is CSc1ccc2nc(N(Cc3cccnc3)C(=O)c3ccc4c(c3)CCCC4)sc2c1. The van der Waals surface area contributed by atoms with Crippen LogP contribution in [0.2, 0.25) is 0 Å². The van der Waals surface area contributed by atoms with E-state index in [0.717, 1.165) is 39.3 Å². The molecule has 0 fully saturated rings. The zero-order valence-electron chi connectivity index (χ0n) is 17.4.